The first-order chi connectivity index (χ1) is 7.55. The van der Waals surface area contributed by atoms with E-state index in [0.717, 1.165) is 18.6 Å². The van der Waals surface area contributed by atoms with Gasteiger partial charge in [0, 0.05) is 6.54 Å². The van der Waals surface area contributed by atoms with Gasteiger partial charge in [0.25, 0.3) is 5.91 Å². The minimum atomic E-state index is -0.294. The van der Waals surface area contributed by atoms with E-state index in [2.05, 4.69) is 5.32 Å². The van der Waals surface area contributed by atoms with Crippen LogP contribution in [0.5, 0.6) is 0 Å². The van der Waals surface area contributed by atoms with E-state index in [0.29, 0.717) is 18.2 Å². The van der Waals surface area contributed by atoms with Gasteiger partial charge in [-0.3, -0.25) is 4.79 Å². The number of nitrogens with one attached hydrogen (secondary N) is 1. The molecule has 1 fully saturated rings. The molecule has 1 aliphatic carbocycles. The molecular formula is C12H18N2O2. The lowest BCUT2D eigenvalue weighted by Gasteiger charge is -2.28. The molecule has 0 aliphatic heterocycles. The van der Waals surface area contributed by atoms with Crippen molar-refractivity contribution < 1.29 is 9.21 Å². The summed E-state index contributed by atoms with van der Waals surface area (Å²) < 4.78 is 5.28. The number of hydrogen-bond acceptors (Lipinski definition) is 3. The van der Waals surface area contributed by atoms with E-state index in [1.807, 2.05) is 13.8 Å². The lowest BCUT2D eigenvalue weighted by atomic mass is 9.96. The maximum absolute atomic E-state index is 11.9. The highest BCUT2D eigenvalue weighted by atomic mass is 16.3. The number of carbonyl (C=O) groups excluding carboxylic acids is 1. The molecule has 4 nitrogen and oxygen atoms in total. The van der Waals surface area contributed by atoms with Crippen LogP contribution >= 0.6 is 0 Å². The molecule has 0 spiro atoms. The summed E-state index contributed by atoms with van der Waals surface area (Å²) in [6.45, 7) is 4.28. The fourth-order valence-electron chi connectivity index (χ4n) is 1.92. The third-order valence-electron chi connectivity index (χ3n) is 3.27. The summed E-state index contributed by atoms with van der Waals surface area (Å²) in [6, 6.07) is 3.47. The van der Waals surface area contributed by atoms with Crippen molar-refractivity contribution in [3.8, 4) is 0 Å². The van der Waals surface area contributed by atoms with Crippen LogP contribution in [0.2, 0.25) is 0 Å². The molecule has 2 rings (SSSR count). The molecular weight excluding hydrogens is 204 g/mol. The van der Waals surface area contributed by atoms with Gasteiger partial charge in [0.05, 0.1) is 5.54 Å². The zero-order valence-electron chi connectivity index (χ0n) is 9.75. The number of aryl methyl sites for hydroxylation is 1. The van der Waals surface area contributed by atoms with E-state index >= 15 is 0 Å². The third-order valence-corrected chi connectivity index (χ3v) is 3.27. The van der Waals surface area contributed by atoms with Crippen molar-refractivity contribution in [1.82, 2.24) is 5.32 Å². The first-order valence-electron chi connectivity index (χ1n) is 5.64. The van der Waals surface area contributed by atoms with Crippen LogP contribution in [0.15, 0.2) is 16.5 Å². The Morgan fingerprint density at radius 2 is 2.31 bits per heavy atom. The van der Waals surface area contributed by atoms with Crippen LogP contribution in [0.3, 0.4) is 0 Å². The largest absolute Gasteiger partial charge is 0.456 e. The maximum Gasteiger partial charge on any atom is 0.287 e. The molecule has 0 bridgehead atoms. The first-order valence-corrected chi connectivity index (χ1v) is 5.64. The summed E-state index contributed by atoms with van der Waals surface area (Å²) in [6.07, 6.45) is 2.29. The summed E-state index contributed by atoms with van der Waals surface area (Å²) in [5.41, 5.74) is 5.44. The molecule has 1 aromatic heterocycles. The molecule has 0 saturated heterocycles. The maximum atomic E-state index is 11.9. The Bertz CT molecular complexity index is 395. The second kappa shape index (κ2) is 3.94. The third kappa shape index (κ3) is 2.11. The Balaban J connectivity index is 2.06. The van der Waals surface area contributed by atoms with Crippen LogP contribution in [-0.4, -0.2) is 18.0 Å². The van der Waals surface area contributed by atoms with Gasteiger partial charge in [0.15, 0.2) is 5.76 Å². The van der Waals surface area contributed by atoms with Crippen molar-refractivity contribution in [2.45, 2.75) is 32.2 Å². The summed E-state index contributed by atoms with van der Waals surface area (Å²) >= 11 is 0. The molecule has 88 valence electrons. The van der Waals surface area contributed by atoms with Gasteiger partial charge in [-0.25, -0.2) is 0 Å². The van der Waals surface area contributed by atoms with Crippen LogP contribution in [0.4, 0.5) is 0 Å². The number of amides is 1. The van der Waals surface area contributed by atoms with Crippen molar-refractivity contribution >= 4 is 5.91 Å². The van der Waals surface area contributed by atoms with Crippen LogP contribution in [0, 0.1) is 12.8 Å². The standard InChI is InChI=1S/C12H18N2O2/c1-8-3-6-10(16-8)11(15)14-12(2,7-13)9-4-5-9/h3,6,9H,4-5,7,13H2,1-2H3,(H,14,15). The molecule has 1 atom stereocenters. The quantitative estimate of drug-likeness (QED) is 0.810. The van der Waals surface area contributed by atoms with Crippen molar-refractivity contribution in [3.63, 3.8) is 0 Å². The van der Waals surface area contributed by atoms with E-state index in [1.165, 1.54) is 0 Å². The van der Waals surface area contributed by atoms with Crippen LogP contribution in [0.1, 0.15) is 36.1 Å². The van der Waals surface area contributed by atoms with Crippen LogP contribution < -0.4 is 11.1 Å². The summed E-state index contributed by atoms with van der Waals surface area (Å²) in [5.74, 6) is 1.44. The monoisotopic (exact) mass is 222 g/mol. The highest BCUT2D eigenvalue weighted by molar-refractivity contribution is 5.92. The molecule has 16 heavy (non-hydrogen) atoms. The molecule has 1 unspecified atom stereocenters. The zero-order chi connectivity index (χ0) is 11.8. The summed E-state index contributed by atoms with van der Waals surface area (Å²) in [4.78, 5) is 11.9. The van der Waals surface area contributed by atoms with Gasteiger partial charge in [-0.2, -0.15) is 0 Å². The summed E-state index contributed by atoms with van der Waals surface area (Å²) in [7, 11) is 0. The predicted molar refractivity (Wildman–Crippen MR) is 61.1 cm³/mol. The fourth-order valence-corrected chi connectivity index (χ4v) is 1.92. The van der Waals surface area contributed by atoms with E-state index in [1.54, 1.807) is 12.1 Å². The topological polar surface area (TPSA) is 68.3 Å². The molecule has 3 N–H and O–H groups in total. The molecule has 1 heterocycles. The van der Waals surface area contributed by atoms with Gasteiger partial charge in [-0.15, -0.1) is 0 Å². The molecule has 1 aromatic rings. The average molecular weight is 222 g/mol. The Labute approximate surface area is 95.2 Å². The second-order valence-electron chi connectivity index (χ2n) is 4.76. The minimum absolute atomic E-state index is 0.173. The number of nitrogens with two attached hydrogens (primary N) is 1. The average Bonchev–Trinajstić information content (AvgIpc) is 3.02. The predicted octanol–water partition coefficient (Wildman–Crippen LogP) is 1.45. The Hall–Kier alpha value is -1.29. The van der Waals surface area contributed by atoms with Crippen molar-refractivity contribution in [2.75, 3.05) is 6.54 Å². The molecule has 0 aromatic carbocycles. The number of rotatable bonds is 4. The van der Waals surface area contributed by atoms with Gasteiger partial charge in [-0.1, -0.05) is 0 Å². The van der Waals surface area contributed by atoms with E-state index in [9.17, 15) is 4.79 Å². The number of hydrogen-bond donors (Lipinski definition) is 2. The zero-order valence-corrected chi connectivity index (χ0v) is 9.75. The molecule has 0 radical (unpaired) electrons. The SMILES string of the molecule is Cc1ccc(C(=O)NC(C)(CN)C2CC2)o1. The van der Waals surface area contributed by atoms with Crippen molar-refractivity contribution in [2.24, 2.45) is 11.7 Å². The van der Waals surface area contributed by atoms with Crippen LogP contribution in [-0.2, 0) is 0 Å². The normalized spacial score (nSPS) is 19.2. The fraction of sp³-hybridized carbons (Fsp3) is 0.583. The van der Waals surface area contributed by atoms with Crippen LogP contribution in [0.25, 0.3) is 0 Å². The Morgan fingerprint density at radius 1 is 1.62 bits per heavy atom. The smallest absolute Gasteiger partial charge is 0.287 e. The minimum Gasteiger partial charge on any atom is -0.456 e. The van der Waals surface area contributed by atoms with E-state index < -0.39 is 0 Å². The number of furan rings is 1. The molecule has 1 aliphatic rings. The summed E-state index contributed by atoms with van der Waals surface area (Å²) in [5, 5.41) is 2.98. The van der Waals surface area contributed by atoms with Gasteiger partial charge in [0.2, 0.25) is 0 Å². The highest BCUT2D eigenvalue weighted by Gasteiger charge is 2.41. The lowest BCUT2D eigenvalue weighted by molar-refractivity contribution is 0.0868. The van der Waals surface area contributed by atoms with Gasteiger partial charge in [0.1, 0.15) is 5.76 Å². The number of carbonyl (C=O) groups is 1. The lowest BCUT2D eigenvalue weighted by Crippen LogP contribution is -2.53. The van der Waals surface area contributed by atoms with Crippen molar-refractivity contribution in [3.05, 3.63) is 23.7 Å². The molecule has 4 heteroatoms. The van der Waals surface area contributed by atoms with E-state index in [-0.39, 0.29) is 11.4 Å². The van der Waals surface area contributed by atoms with Gasteiger partial charge >= 0.3 is 0 Å². The molecule has 1 saturated carbocycles. The van der Waals surface area contributed by atoms with Gasteiger partial charge < -0.3 is 15.5 Å². The van der Waals surface area contributed by atoms with E-state index in [4.69, 9.17) is 10.2 Å². The van der Waals surface area contributed by atoms with Gasteiger partial charge in [-0.05, 0) is 44.7 Å². The Kier molecular flexibility index (Phi) is 2.76. The Morgan fingerprint density at radius 3 is 2.75 bits per heavy atom. The highest BCUT2D eigenvalue weighted by Crippen LogP contribution is 2.39. The van der Waals surface area contributed by atoms with Crippen molar-refractivity contribution in [1.29, 1.82) is 0 Å². The molecule has 1 amide bonds. The first kappa shape index (κ1) is 11.2. The second-order valence-corrected chi connectivity index (χ2v) is 4.76.